The maximum absolute atomic E-state index is 13.4. The predicted molar refractivity (Wildman–Crippen MR) is 158 cm³/mol. The second kappa shape index (κ2) is 16.8. The van der Waals surface area contributed by atoms with E-state index in [2.05, 4.69) is 20.7 Å². The van der Waals surface area contributed by atoms with Crippen LogP contribution in [0, 0.1) is 0 Å². The molecule has 2 aromatic carbocycles. The Morgan fingerprint density at radius 1 is 0.763 bits per heavy atom. The minimum absolute atomic E-state index is 0.155. The van der Waals surface area contributed by atoms with E-state index in [4.69, 9.17) is 0 Å². The Morgan fingerprint density at radius 2 is 1.29 bits per heavy atom. The zero-order valence-electron chi connectivity index (χ0n) is 22.5. The Labute approximate surface area is 231 Å². The molecule has 4 amide bonds. The molecule has 0 aliphatic rings. The molecule has 0 bridgehead atoms. The highest BCUT2D eigenvalue weighted by atomic mass is 33.2. The maximum atomic E-state index is 13.4. The van der Waals surface area contributed by atoms with Gasteiger partial charge in [0.1, 0.15) is 6.04 Å². The van der Waals surface area contributed by atoms with Crippen molar-refractivity contribution in [3.05, 3.63) is 71.8 Å². The molecule has 0 aromatic heterocycles. The van der Waals surface area contributed by atoms with E-state index in [9.17, 15) is 19.2 Å². The molecule has 0 spiro atoms. The van der Waals surface area contributed by atoms with E-state index in [1.165, 1.54) is 10.8 Å². The van der Waals surface area contributed by atoms with Crippen LogP contribution in [0.1, 0.15) is 44.7 Å². The summed E-state index contributed by atoms with van der Waals surface area (Å²) in [5.41, 5.74) is 2.20. The van der Waals surface area contributed by atoms with Crippen molar-refractivity contribution in [2.24, 2.45) is 0 Å². The third-order valence-electron chi connectivity index (χ3n) is 5.80. The largest absolute Gasteiger partial charge is 0.354 e. The number of hydrogen-bond acceptors (Lipinski definition) is 5. The molecule has 2 rings (SSSR count). The molecule has 4 N–H and O–H groups in total. The fourth-order valence-electron chi connectivity index (χ4n) is 3.50. The van der Waals surface area contributed by atoms with Crippen molar-refractivity contribution < 1.29 is 19.2 Å². The molecule has 2 unspecified atom stereocenters. The first kappa shape index (κ1) is 31.2. The van der Waals surface area contributed by atoms with E-state index in [1.54, 1.807) is 13.8 Å². The van der Waals surface area contributed by atoms with E-state index < -0.39 is 15.3 Å². The number of rotatable bonds is 14. The molecular weight excluding hydrogens is 520 g/mol. The predicted octanol–water partition coefficient (Wildman–Crippen LogP) is 4.11. The SMILES string of the molecule is CCC(=O)NC(CSS(CC)(NC(=O)CC)C(=O)NCCc1ccccc1)C(=O)NCCc1ccccc1. The fourth-order valence-corrected chi connectivity index (χ4v) is 8.34. The Bertz CT molecular complexity index is 1040. The van der Waals surface area contributed by atoms with Gasteiger partial charge >= 0.3 is 0 Å². The lowest BCUT2D eigenvalue weighted by atomic mass is 10.1. The molecule has 0 saturated carbocycles. The van der Waals surface area contributed by atoms with Crippen LogP contribution in [0.25, 0.3) is 0 Å². The highest BCUT2D eigenvalue weighted by Crippen LogP contribution is 2.57. The summed E-state index contributed by atoms with van der Waals surface area (Å²) in [6.45, 7) is 6.16. The molecule has 0 radical (unpaired) electrons. The first-order valence-electron chi connectivity index (χ1n) is 13.0. The molecule has 0 aliphatic carbocycles. The Morgan fingerprint density at radius 3 is 1.79 bits per heavy atom. The van der Waals surface area contributed by atoms with Gasteiger partial charge in [0.15, 0.2) is 0 Å². The van der Waals surface area contributed by atoms with Crippen molar-refractivity contribution in [3.63, 3.8) is 0 Å². The standard InChI is InChI=1S/C28H40N4O4S2/c1-4-25(33)31-24(27(35)29-19-17-22-13-9-7-10-14-22)21-37-38(6-3,32-26(34)5-2)28(36)30-20-18-23-15-11-8-12-16-23/h7-16,24H,4-6,17-21H2,1-3H3,(H,29,35)(H,30,36)(H,31,33)(H,32,34). The minimum Gasteiger partial charge on any atom is -0.354 e. The Balaban J connectivity index is 2.09. The van der Waals surface area contributed by atoms with Gasteiger partial charge in [0.05, 0.1) is 0 Å². The van der Waals surface area contributed by atoms with Crippen LogP contribution in [-0.4, -0.2) is 53.6 Å². The van der Waals surface area contributed by atoms with Gasteiger partial charge in [-0.15, -0.1) is 0 Å². The minimum atomic E-state index is -2.38. The highest BCUT2D eigenvalue weighted by Gasteiger charge is 2.35. The first-order valence-corrected chi connectivity index (χ1v) is 16.3. The summed E-state index contributed by atoms with van der Waals surface area (Å²) in [7, 11) is -1.13. The van der Waals surface area contributed by atoms with Gasteiger partial charge in [-0.05, 0) is 33.2 Å². The van der Waals surface area contributed by atoms with Crippen molar-refractivity contribution in [1.82, 2.24) is 20.7 Å². The van der Waals surface area contributed by atoms with E-state index in [-0.39, 0.29) is 41.6 Å². The summed E-state index contributed by atoms with van der Waals surface area (Å²) in [5, 5.41) is 8.42. The van der Waals surface area contributed by atoms with Crippen LogP contribution in [0.5, 0.6) is 0 Å². The summed E-state index contributed by atoms with van der Waals surface area (Å²) in [6.07, 6.45) is 1.80. The normalized spacial score (nSPS) is 13.9. The van der Waals surface area contributed by atoms with Crippen molar-refractivity contribution in [3.8, 4) is 0 Å². The van der Waals surface area contributed by atoms with Crippen LogP contribution >= 0.6 is 20.0 Å². The zero-order valence-corrected chi connectivity index (χ0v) is 24.1. The van der Waals surface area contributed by atoms with Gasteiger partial charge in [-0.1, -0.05) is 92.2 Å². The molecule has 10 heteroatoms. The number of nitrogens with one attached hydrogen (secondary N) is 4. The van der Waals surface area contributed by atoms with Crippen molar-refractivity contribution in [1.29, 1.82) is 0 Å². The molecule has 0 heterocycles. The van der Waals surface area contributed by atoms with Crippen LogP contribution in [0.4, 0.5) is 4.79 Å². The smallest absolute Gasteiger partial charge is 0.287 e. The molecule has 0 saturated heterocycles. The van der Waals surface area contributed by atoms with Gasteiger partial charge in [0, 0.05) is 37.4 Å². The van der Waals surface area contributed by atoms with Crippen LogP contribution in [0.3, 0.4) is 0 Å². The van der Waals surface area contributed by atoms with Gasteiger partial charge in [-0.2, -0.15) is 0 Å². The molecule has 0 fully saturated rings. The first-order chi connectivity index (χ1) is 18.3. The van der Waals surface area contributed by atoms with Gasteiger partial charge in [-0.25, -0.2) is 0 Å². The van der Waals surface area contributed by atoms with E-state index in [0.29, 0.717) is 31.7 Å². The number of carbonyl (C=O) groups is 4. The summed E-state index contributed by atoms with van der Waals surface area (Å²) in [4.78, 5) is 51.1. The van der Waals surface area contributed by atoms with Crippen LogP contribution in [0.15, 0.2) is 60.7 Å². The zero-order chi connectivity index (χ0) is 27.8. The molecule has 38 heavy (non-hydrogen) atoms. The number of hydrogen-bond donors (Lipinski definition) is 4. The topological polar surface area (TPSA) is 116 Å². The summed E-state index contributed by atoms with van der Waals surface area (Å²) in [5.74, 6) is -0.247. The van der Waals surface area contributed by atoms with Crippen molar-refractivity contribution in [2.75, 3.05) is 24.6 Å². The fraction of sp³-hybridized carbons (Fsp3) is 0.429. The Hall–Kier alpha value is -2.98. The monoisotopic (exact) mass is 560 g/mol. The number of benzene rings is 2. The number of carbonyl (C=O) groups excluding carboxylic acids is 4. The third-order valence-corrected chi connectivity index (χ3v) is 11.8. The van der Waals surface area contributed by atoms with E-state index in [1.807, 2.05) is 67.6 Å². The average molecular weight is 561 g/mol. The molecule has 2 aromatic rings. The third kappa shape index (κ3) is 10.4. The second-order valence-corrected chi connectivity index (χ2v) is 14.1. The highest BCUT2D eigenvalue weighted by molar-refractivity contribution is 8.99. The van der Waals surface area contributed by atoms with E-state index in [0.717, 1.165) is 11.1 Å². The van der Waals surface area contributed by atoms with E-state index >= 15 is 0 Å². The lowest BCUT2D eigenvalue weighted by Crippen LogP contribution is -2.49. The second-order valence-electron chi connectivity index (χ2n) is 8.58. The van der Waals surface area contributed by atoms with Gasteiger partial charge in [-0.3, -0.25) is 19.2 Å². The maximum Gasteiger partial charge on any atom is 0.287 e. The van der Waals surface area contributed by atoms with Crippen LogP contribution in [-0.2, 0) is 27.2 Å². The van der Waals surface area contributed by atoms with Crippen molar-refractivity contribution in [2.45, 2.75) is 52.5 Å². The quantitative estimate of drug-likeness (QED) is 0.260. The molecule has 2 atom stereocenters. The average Bonchev–Trinajstić information content (AvgIpc) is 2.95. The lowest BCUT2D eigenvalue weighted by molar-refractivity contribution is -0.128. The van der Waals surface area contributed by atoms with Crippen molar-refractivity contribution >= 4 is 43.0 Å². The summed E-state index contributed by atoms with van der Waals surface area (Å²) < 4.78 is 2.96. The van der Waals surface area contributed by atoms with Gasteiger partial charge < -0.3 is 20.7 Å². The summed E-state index contributed by atoms with van der Waals surface area (Å²) in [6, 6.07) is 18.8. The lowest BCUT2D eigenvalue weighted by Gasteiger charge is -2.37. The molecule has 208 valence electrons. The van der Waals surface area contributed by atoms with Crippen LogP contribution < -0.4 is 20.7 Å². The van der Waals surface area contributed by atoms with Crippen LogP contribution in [0.2, 0.25) is 0 Å². The Kier molecular flexibility index (Phi) is 13.8. The molecule has 8 nitrogen and oxygen atoms in total. The van der Waals surface area contributed by atoms with Gasteiger partial charge in [0.2, 0.25) is 17.7 Å². The summed E-state index contributed by atoms with van der Waals surface area (Å²) >= 11 is 0. The molecular formula is C28H40N4O4S2. The molecule has 0 aliphatic heterocycles. The van der Waals surface area contributed by atoms with Gasteiger partial charge in [0.25, 0.3) is 5.24 Å². The number of amides is 4.